The molecular weight excluding hydrogens is 310 g/mol. The Morgan fingerprint density at radius 1 is 1.09 bits per heavy atom. The van der Waals surface area contributed by atoms with E-state index in [0.717, 1.165) is 0 Å². The monoisotopic (exact) mass is 329 g/mol. The molecule has 2 aromatic rings. The van der Waals surface area contributed by atoms with Gasteiger partial charge in [-0.25, -0.2) is 8.42 Å². The van der Waals surface area contributed by atoms with Crippen molar-refractivity contribution in [3.63, 3.8) is 0 Å². The lowest BCUT2D eigenvalue weighted by Crippen LogP contribution is -2.26. The molecule has 120 valence electrons. The standard InChI is InChI=1S/C18H19NO3S/c1-2-6-17(20)18(15-11-9-14(13-19)10-12-15)23(21,22)16-7-4-3-5-8-16/h3-5,7-12,17-18,20H,2,6H2,1H3. The zero-order valence-corrected chi connectivity index (χ0v) is 13.7. The number of aliphatic hydroxyl groups is 1. The van der Waals surface area contributed by atoms with Crippen molar-refractivity contribution in [2.24, 2.45) is 0 Å². The van der Waals surface area contributed by atoms with Crippen LogP contribution >= 0.6 is 0 Å². The molecule has 0 radical (unpaired) electrons. The van der Waals surface area contributed by atoms with Crippen molar-refractivity contribution in [1.29, 1.82) is 5.26 Å². The van der Waals surface area contributed by atoms with Gasteiger partial charge in [-0.15, -0.1) is 0 Å². The molecule has 4 nitrogen and oxygen atoms in total. The van der Waals surface area contributed by atoms with Gasteiger partial charge >= 0.3 is 0 Å². The van der Waals surface area contributed by atoms with Crippen LogP contribution in [0, 0.1) is 11.3 Å². The van der Waals surface area contributed by atoms with Gasteiger partial charge in [0.15, 0.2) is 9.84 Å². The van der Waals surface area contributed by atoms with Gasteiger partial charge in [-0.1, -0.05) is 43.7 Å². The fourth-order valence-electron chi connectivity index (χ4n) is 2.56. The maximum Gasteiger partial charge on any atom is 0.187 e. The number of aliphatic hydroxyl groups excluding tert-OH is 1. The average molecular weight is 329 g/mol. The summed E-state index contributed by atoms with van der Waals surface area (Å²) in [4.78, 5) is 0.185. The molecule has 2 aromatic carbocycles. The quantitative estimate of drug-likeness (QED) is 0.882. The van der Waals surface area contributed by atoms with E-state index in [9.17, 15) is 13.5 Å². The normalized spacial score (nSPS) is 14.0. The number of hydrogen-bond acceptors (Lipinski definition) is 4. The SMILES string of the molecule is CCCC(O)C(c1ccc(C#N)cc1)S(=O)(=O)c1ccccc1. The molecule has 0 saturated heterocycles. The van der Waals surface area contributed by atoms with E-state index in [0.29, 0.717) is 24.0 Å². The number of nitriles is 1. The van der Waals surface area contributed by atoms with Crippen LogP contribution in [0.4, 0.5) is 0 Å². The minimum Gasteiger partial charge on any atom is -0.391 e. The molecular formula is C18H19NO3S. The second-order valence-electron chi connectivity index (χ2n) is 5.37. The fraction of sp³-hybridized carbons (Fsp3) is 0.278. The van der Waals surface area contributed by atoms with Crippen LogP contribution < -0.4 is 0 Å². The highest BCUT2D eigenvalue weighted by Crippen LogP contribution is 2.33. The Bertz CT molecular complexity index is 777. The van der Waals surface area contributed by atoms with Crippen molar-refractivity contribution in [3.8, 4) is 6.07 Å². The third-order valence-electron chi connectivity index (χ3n) is 3.71. The number of benzene rings is 2. The lowest BCUT2D eigenvalue weighted by molar-refractivity contribution is 0.157. The summed E-state index contributed by atoms with van der Waals surface area (Å²) in [5, 5.41) is 18.3. The van der Waals surface area contributed by atoms with E-state index in [-0.39, 0.29) is 4.90 Å². The minimum atomic E-state index is -3.73. The Morgan fingerprint density at radius 3 is 2.22 bits per heavy atom. The molecule has 0 saturated carbocycles. The van der Waals surface area contributed by atoms with E-state index in [4.69, 9.17) is 5.26 Å². The van der Waals surface area contributed by atoms with Crippen LogP contribution in [0.3, 0.4) is 0 Å². The van der Waals surface area contributed by atoms with Gasteiger partial charge in [0.2, 0.25) is 0 Å². The highest BCUT2D eigenvalue weighted by molar-refractivity contribution is 7.91. The predicted octanol–water partition coefficient (Wildman–Crippen LogP) is 3.23. The maximum atomic E-state index is 13.0. The molecule has 5 heteroatoms. The van der Waals surface area contributed by atoms with Gasteiger partial charge in [0.1, 0.15) is 5.25 Å². The van der Waals surface area contributed by atoms with E-state index in [1.165, 1.54) is 12.1 Å². The van der Waals surface area contributed by atoms with Crippen molar-refractivity contribution in [3.05, 3.63) is 65.7 Å². The summed E-state index contributed by atoms with van der Waals surface area (Å²) < 4.78 is 26.0. The Morgan fingerprint density at radius 2 is 1.70 bits per heavy atom. The Labute approximate surface area is 136 Å². The van der Waals surface area contributed by atoms with Crippen molar-refractivity contribution >= 4 is 9.84 Å². The molecule has 23 heavy (non-hydrogen) atoms. The number of rotatable bonds is 6. The van der Waals surface area contributed by atoms with E-state index < -0.39 is 21.2 Å². The summed E-state index contributed by atoms with van der Waals surface area (Å²) in [5.41, 5.74) is 0.948. The van der Waals surface area contributed by atoms with Gasteiger partial charge in [-0.05, 0) is 36.2 Å². The van der Waals surface area contributed by atoms with Gasteiger partial charge in [-0.2, -0.15) is 5.26 Å². The second-order valence-corrected chi connectivity index (χ2v) is 7.44. The summed E-state index contributed by atoms with van der Waals surface area (Å²) >= 11 is 0. The molecule has 2 unspecified atom stereocenters. The lowest BCUT2D eigenvalue weighted by atomic mass is 10.0. The predicted molar refractivity (Wildman–Crippen MR) is 88.4 cm³/mol. The molecule has 0 aliphatic heterocycles. The molecule has 2 rings (SSSR count). The second kappa shape index (κ2) is 7.40. The summed E-state index contributed by atoms with van der Waals surface area (Å²) in [6.07, 6.45) is 0.0628. The topological polar surface area (TPSA) is 78.2 Å². The number of hydrogen-bond donors (Lipinski definition) is 1. The summed E-state index contributed by atoms with van der Waals surface area (Å²) in [6, 6.07) is 16.5. The highest BCUT2D eigenvalue weighted by Gasteiger charge is 2.34. The number of nitrogens with zero attached hydrogens (tertiary/aromatic N) is 1. The Balaban J connectivity index is 2.52. The minimum absolute atomic E-state index is 0.185. The first-order valence-electron chi connectivity index (χ1n) is 7.47. The first kappa shape index (κ1) is 17.2. The molecule has 0 aliphatic carbocycles. The van der Waals surface area contributed by atoms with Crippen molar-refractivity contribution in [2.75, 3.05) is 0 Å². The van der Waals surface area contributed by atoms with Crippen LogP contribution in [0.2, 0.25) is 0 Å². The van der Waals surface area contributed by atoms with E-state index >= 15 is 0 Å². The van der Waals surface area contributed by atoms with Crippen LogP contribution in [0.15, 0.2) is 59.5 Å². The summed E-state index contributed by atoms with van der Waals surface area (Å²) in [7, 11) is -3.73. The van der Waals surface area contributed by atoms with Gasteiger partial charge < -0.3 is 5.11 Å². The first-order chi connectivity index (χ1) is 11.0. The Kier molecular flexibility index (Phi) is 5.54. The molecule has 0 amide bonds. The summed E-state index contributed by atoms with van der Waals surface area (Å²) in [6.45, 7) is 1.90. The molecule has 2 atom stereocenters. The lowest BCUT2D eigenvalue weighted by Gasteiger charge is -2.23. The largest absolute Gasteiger partial charge is 0.391 e. The molecule has 0 aliphatic rings. The van der Waals surface area contributed by atoms with Crippen LogP contribution in [0.5, 0.6) is 0 Å². The third kappa shape index (κ3) is 3.79. The molecule has 0 fully saturated rings. The van der Waals surface area contributed by atoms with Crippen molar-refractivity contribution in [2.45, 2.75) is 36.0 Å². The molecule has 1 N–H and O–H groups in total. The smallest absolute Gasteiger partial charge is 0.187 e. The summed E-state index contributed by atoms with van der Waals surface area (Å²) in [5.74, 6) is 0. The van der Waals surface area contributed by atoms with Crippen LogP contribution in [0.25, 0.3) is 0 Å². The molecule has 0 spiro atoms. The van der Waals surface area contributed by atoms with Gasteiger partial charge in [0.05, 0.1) is 22.6 Å². The van der Waals surface area contributed by atoms with Crippen LogP contribution in [-0.2, 0) is 9.84 Å². The van der Waals surface area contributed by atoms with Crippen LogP contribution in [0.1, 0.15) is 36.1 Å². The zero-order chi connectivity index (χ0) is 16.9. The molecule has 0 heterocycles. The van der Waals surface area contributed by atoms with Gasteiger partial charge in [0, 0.05) is 0 Å². The first-order valence-corrected chi connectivity index (χ1v) is 9.02. The zero-order valence-electron chi connectivity index (χ0n) is 12.9. The van der Waals surface area contributed by atoms with Gasteiger partial charge in [0.25, 0.3) is 0 Å². The van der Waals surface area contributed by atoms with Crippen LogP contribution in [-0.4, -0.2) is 19.6 Å². The molecule has 0 bridgehead atoms. The third-order valence-corrected chi connectivity index (χ3v) is 5.89. The Hall–Kier alpha value is -2.16. The van der Waals surface area contributed by atoms with Crippen molar-refractivity contribution < 1.29 is 13.5 Å². The van der Waals surface area contributed by atoms with Crippen molar-refractivity contribution in [1.82, 2.24) is 0 Å². The fourth-order valence-corrected chi connectivity index (χ4v) is 4.45. The molecule has 0 aromatic heterocycles. The van der Waals surface area contributed by atoms with E-state index in [1.807, 2.05) is 13.0 Å². The highest BCUT2D eigenvalue weighted by atomic mass is 32.2. The number of sulfone groups is 1. The van der Waals surface area contributed by atoms with E-state index in [1.54, 1.807) is 42.5 Å². The maximum absolute atomic E-state index is 13.0. The van der Waals surface area contributed by atoms with E-state index in [2.05, 4.69) is 0 Å². The van der Waals surface area contributed by atoms with Gasteiger partial charge in [-0.3, -0.25) is 0 Å². The average Bonchev–Trinajstić information content (AvgIpc) is 2.56.